The summed E-state index contributed by atoms with van der Waals surface area (Å²) in [6.45, 7) is 3.45. The number of H-pyrrole nitrogens is 1. The minimum atomic E-state index is -0.543. The van der Waals surface area contributed by atoms with E-state index < -0.39 is 6.23 Å². The van der Waals surface area contributed by atoms with Gasteiger partial charge in [0.2, 0.25) is 12.1 Å². The summed E-state index contributed by atoms with van der Waals surface area (Å²) >= 11 is 0. The van der Waals surface area contributed by atoms with Crippen LogP contribution in [0.3, 0.4) is 0 Å². The number of hydrogen-bond donors (Lipinski definition) is 1. The Morgan fingerprint density at radius 2 is 2.00 bits per heavy atom. The van der Waals surface area contributed by atoms with Gasteiger partial charge in [0.05, 0.1) is 0 Å². The Bertz CT molecular complexity index is 882. The van der Waals surface area contributed by atoms with Crippen LogP contribution in [0.15, 0.2) is 41.0 Å². The molecule has 0 spiro atoms. The maximum Gasteiger partial charge on any atom is 0.262 e. The third-order valence-corrected chi connectivity index (χ3v) is 4.81. The van der Waals surface area contributed by atoms with Crippen molar-refractivity contribution in [2.45, 2.75) is 45.8 Å². The Labute approximate surface area is 152 Å². The van der Waals surface area contributed by atoms with Gasteiger partial charge in [-0.2, -0.15) is 10.1 Å². The van der Waals surface area contributed by atoms with E-state index in [1.165, 1.54) is 23.9 Å². The van der Waals surface area contributed by atoms with E-state index in [4.69, 9.17) is 4.74 Å². The fourth-order valence-corrected chi connectivity index (χ4v) is 3.50. The molecule has 1 aliphatic carbocycles. The van der Waals surface area contributed by atoms with Gasteiger partial charge in [-0.3, -0.25) is 9.89 Å². The summed E-state index contributed by atoms with van der Waals surface area (Å²) in [6.07, 6.45) is 5.75. The predicted molar refractivity (Wildman–Crippen MR) is 99.3 cm³/mol. The van der Waals surface area contributed by atoms with E-state index in [1.54, 1.807) is 0 Å². The van der Waals surface area contributed by atoms with Crippen molar-refractivity contribution >= 4 is 17.9 Å². The lowest BCUT2D eigenvalue weighted by Crippen LogP contribution is -2.33. The number of fused-ring (bicyclic) bond motifs is 1. The molecule has 2 aromatic rings. The summed E-state index contributed by atoms with van der Waals surface area (Å²) in [5.41, 5.74) is 5.04. The smallest absolute Gasteiger partial charge is 0.262 e. The molecule has 2 heterocycles. The first-order chi connectivity index (χ1) is 12.6. The summed E-state index contributed by atoms with van der Waals surface area (Å²) in [4.78, 5) is 12.1. The van der Waals surface area contributed by atoms with Gasteiger partial charge in [-0.1, -0.05) is 36.4 Å². The first-order valence-corrected chi connectivity index (χ1v) is 8.98. The van der Waals surface area contributed by atoms with Gasteiger partial charge >= 0.3 is 0 Å². The molecule has 1 aromatic heterocycles. The van der Waals surface area contributed by atoms with E-state index in [9.17, 15) is 4.79 Å². The summed E-state index contributed by atoms with van der Waals surface area (Å²) < 4.78 is 6.08. The maximum atomic E-state index is 12.1. The summed E-state index contributed by atoms with van der Waals surface area (Å²) in [5.74, 6) is 0.264. The number of carbonyl (C=O) groups excluding carboxylic acids is 1. The molecule has 1 atom stereocenters. The summed E-state index contributed by atoms with van der Waals surface area (Å²) in [5, 5.41) is 13.3. The SMILES string of the molecule is CC(=O)N1N=C(c2n[nH]c3c2CCCC3)O[C@H]1/C(C)=C/c1ccccc1. The van der Waals surface area contributed by atoms with Crippen LogP contribution in [0.1, 0.15) is 49.2 Å². The van der Waals surface area contributed by atoms with Crippen LogP contribution in [0.2, 0.25) is 0 Å². The lowest BCUT2D eigenvalue weighted by Gasteiger charge is -2.19. The number of carbonyl (C=O) groups is 1. The van der Waals surface area contributed by atoms with Crippen LogP contribution in [0.5, 0.6) is 0 Å². The number of amides is 1. The van der Waals surface area contributed by atoms with Gasteiger partial charge in [-0.15, -0.1) is 5.10 Å². The molecule has 0 saturated carbocycles. The number of aromatic nitrogens is 2. The Morgan fingerprint density at radius 3 is 2.77 bits per heavy atom. The molecule has 0 saturated heterocycles. The van der Waals surface area contributed by atoms with Crippen LogP contribution in [-0.2, 0) is 22.4 Å². The number of aromatic amines is 1. The lowest BCUT2D eigenvalue weighted by molar-refractivity contribution is -0.133. The summed E-state index contributed by atoms with van der Waals surface area (Å²) in [7, 11) is 0. The van der Waals surface area contributed by atoms with Gasteiger partial charge in [0.15, 0.2) is 5.69 Å². The Morgan fingerprint density at radius 1 is 1.23 bits per heavy atom. The Balaban J connectivity index is 1.64. The number of aryl methyl sites for hydroxylation is 1. The van der Waals surface area contributed by atoms with Gasteiger partial charge in [0.25, 0.3) is 5.90 Å². The third kappa shape index (κ3) is 3.03. The number of hydrogen-bond acceptors (Lipinski definition) is 4. The Hall–Kier alpha value is -2.89. The monoisotopic (exact) mass is 350 g/mol. The van der Waals surface area contributed by atoms with Crippen LogP contribution in [0.25, 0.3) is 6.08 Å². The van der Waals surface area contributed by atoms with Gasteiger partial charge in [0.1, 0.15) is 0 Å². The largest absolute Gasteiger partial charge is 0.445 e. The van der Waals surface area contributed by atoms with E-state index in [2.05, 4.69) is 15.3 Å². The molecular formula is C20H22N4O2. The molecule has 0 fully saturated rings. The highest BCUT2D eigenvalue weighted by Gasteiger charge is 2.35. The number of benzene rings is 1. The van der Waals surface area contributed by atoms with Gasteiger partial charge in [0, 0.05) is 18.2 Å². The number of nitrogens with one attached hydrogen (secondary N) is 1. The number of nitrogens with zero attached hydrogens (tertiary/aromatic N) is 3. The minimum Gasteiger partial charge on any atom is -0.445 e. The highest BCUT2D eigenvalue weighted by Crippen LogP contribution is 2.28. The average Bonchev–Trinajstić information content (AvgIpc) is 3.27. The number of ether oxygens (including phenoxy) is 1. The van der Waals surface area contributed by atoms with E-state index in [0.717, 1.165) is 41.8 Å². The van der Waals surface area contributed by atoms with Crippen LogP contribution in [0, 0.1) is 0 Å². The normalized spacial score (nSPS) is 19.8. The van der Waals surface area contributed by atoms with E-state index >= 15 is 0 Å². The molecule has 2 aliphatic rings. The van der Waals surface area contributed by atoms with Crippen molar-refractivity contribution in [1.29, 1.82) is 0 Å². The second kappa shape index (κ2) is 6.78. The molecule has 0 radical (unpaired) electrons. The van der Waals surface area contributed by atoms with Crippen molar-refractivity contribution in [1.82, 2.24) is 15.2 Å². The zero-order valence-electron chi connectivity index (χ0n) is 15.0. The van der Waals surface area contributed by atoms with Gasteiger partial charge in [-0.05, 0) is 43.7 Å². The highest BCUT2D eigenvalue weighted by atomic mass is 16.5. The third-order valence-electron chi connectivity index (χ3n) is 4.81. The zero-order chi connectivity index (χ0) is 18.1. The van der Waals surface area contributed by atoms with Crippen LogP contribution in [-0.4, -0.2) is 33.2 Å². The Kier molecular flexibility index (Phi) is 4.32. The predicted octanol–water partition coefficient (Wildman–Crippen LogP) is 3.26. The van der Waals surface area contributed by atoms with Gasteiger partial charge < -0.3 is 4.74 Å². The fraction of sp³-hybridized carbons (Fsp3) is 0.350. The van der Waals surface area contributed by atoms with Crippen LogP contribution >= 0.6 is 0 Å². The minimum absolute atomic E-state index is 0.157. The highest BCUT2D eigenvalue weighted by molar-refractivity contribution is 5.96. The molecule has 0 unspecified atom stereocenters. The molecule has 6 nitrogen and oxygen atoms in total. The standard InChI is InChI=1S/C20H22N4O2/c1-13(12-15-8-4-3-5-9-15)20-24(14(2)25)23-19(26-20)18-16-10-6-7-11-17(16)21-22-18/h3-5,8-9,12,20H,6-7,10-11H2,1-2H3,(H,21,22)/b13-12+/t20-/m0/s1. The average molecular weight is 350 g/mol. The molecule has 26 heavy (non-hydrogen) atoms. The van der Waals surface area contributed by atoms with Crippen LogP contribution in [0.4, 0.5) is 0 Å². The van der Waals surface area contributed by atoms with Crippen molar-refractivity contribution in [2.75, 3.05) is 0 Å². The molecule has 1 amide bonds. The molecule has 134 valence electrons. The quantitative estimate of drug-likeness (QED) is 0.924. The molecule has 1 N–H and O–H groups in total. The van der Waals surface area contributed by atoms with Crippen molar-refractivity contribution < 1.29 is 9.53 Å². The number of hydrazone groups is 1. The molecule has 6 heteroatoms. The molecule has 1 aromatic carbocycles. The second-order valence-electron chi connectivity index (χ2n) is 6.77. The van der Waals surface area contributed by atoms with Gasteiger partial charge in [-0.25, -0.2) is 0 Å². The van der Waals surface area contributed by atoms with Crippen LogP contribution < -0.4 is 0 Å². The van der Waals surface area contributed by atoms with Crippen molar-refractivity contribution in [2.24, 2.45) is 5.10 Å². The van der Waals surface area contributed by atoms with Crippen molar-refractivity contribution in [3.63, 3.8) is 0 Å². The second-order valence-corrected chi connectivity index (χ2v) is 6.77. The van der Waals surface area contributed by atoms with E-state index in [1.807, 2.05) is 43.3 Å². The molecule has 0 bridgehead atoms. The fourth-order valence-electron chi connectivity index (χ4n) is 3.50. The topological polar surface area (TPSA) is 70.6 Å². The summed E-state index contributed by atoms with van der Waals surface area (Å²) in [6, 6.07) is 9.97. The van der Waals surface area contributed by atoms with E-state index in [-0.39, 0.29) is 5.91 Å². The number of rotatable bonds is 3. The first kappa shape index (κ1) is 16.6. The first-order valence-electron chi connectivity index (χ1n) is 8.98. The molecular weight excluding hydrogens is 328 g/mol. The molecule has 4 rings (SSSR count). The lowest BCUT2D eigenvalue weighted by atomic mass is 9.96. The van der Waals surface area contributed by atoms with Crippen molar-refractivity contribution in [3.05, 3.63) is 58.4 Å². The van der Waals surface area contributed by atoms with Crippen molar-refractivity contribution in [3.8, 4) is 0 Å². The van der Waals surface area contributed by atoms with E-state index in [0.29, 0.717) is 5.90 Å². The molecule has 1 aliphatic heterocycles. The zero-order valence-corrected chi connectivity index (χ0v) is 15.0. The maximum absolute atomic E-state index is 12.1.